The van der Waals surface area contributed by atoms with E-state index in [1.165, 1.54) is 11.3 Å². The summed E-state index contributed by atoms with van der Waals surface area (Å²) in [5.74, 6) is -0.394. The van der Waals surface area contributed by atoms with Gasteiger partial charge in [0, 0.05) is 22.5 Å². The van der Waals surface area contributed by atoms with Crippen molar-refractivity contribution >= 4 is 39.7 Å². The van der Waals surface area contributed by atoms with Crippen molar-refractivity contribution in [3.63, 3.8) is 0 Å². The van der Waals surface area contributed by atoms with Crippen molar-refractivity contribution in [1.29, 1.82) is 0 Å². The summed E-state index contributed by atoms with van der Waals surface area (Å²) < 4.78 is 5.02. The van der Waals surface area contributed by atoms with Crippen LogP contribution in [0.15, 0.2) is 57.9 Å². The number of thiophene rings is 1. The Labute approximate surface area is 140 Å². The Hall–Kier alpha value is -3.19. The molecule has 0 aliphatic rings. The second-order valence-corrected chi connectivity index (χ2v) is 5.90. The number of anilines is 2. The first-order valence-electron chi connectivity index (χ1n) is 7.17. The van der Waals surface area contributed by atoms with Crippen LogP contribution in [0.4, 0.5) is 11.6 Å². The summed E-state index contributed by atoms with van der Waals surface area (Å²) in [6.45, 7) is 0. The van der Waals surface area contributed by atoms with Crippen LogP contribution < -0.4 is 11.1 Å². The summed E-state index contributed by atoms with van der Waals surface area (Å²) in [7, 11) is 0. The van der Waals surface area contributed by atoms with Crippen molar-refractivity contribution in [2.45, 2.75) is 0 Å². The third kappa shape index (κ3) is 2.40. The van der Waals surface area contributed by atoms with Crippen LogP contribution in [0, 0.1) is 0 Å². The van der Waals surface area contributed by atoms with Crippen molar-refractivity contribution in [3.05, 3.63) is 58.9 Å². The second kappa shape index (κ2) is 5.78. The molecule has 3 N–H and O–H groups in total. The largest absolute Gasteiger partial charge is 0.367 e. The predicted octanol–water partition coefficient (Wildman–Crippen LogP) is 3.79. The standard InChI is InChI=1S/C17H12N4O2S/c18-16-13(15(21-23-16)11-6-8-24-9-11)17(22)20-12-5-1-3-10-4-2-7-19-14(10)12/h1-9H,18H2,(H,20,22). The van der Waals surface area contributed by atoms with E-state index in [9.17, 15) is 4.79 Å². The maximum absolute atomic E-state index is 12.7. The highest BCUT2D eigenvalue weighted by Gasteiger charge is 2.23. The first-order chi connectivity index (χ1) is 11.7. The number of nitrogen functional groups attached to an aromatic ring is 1. The molecule has 0 unspecified atom stereocenters. The molecule has 0 aliphatic heterocycles. The molecular weight excluding hydrogens is 324 g/mol. The van der Waals surface area contributed by atoms with Crippen LogP contribution in [0.3, 0.4) is 0 Å². The molecule has 24 heavy (non-hydrogen) atoms. The van der Waals surface area contributed by atoms with E-state index in [4.69, 9.17) is 10.3 Å². The fourth-order valence-corrected chi connectivity index (χ4v) is 3.15. The lowest BCUT2D eigenvalue weighted by molar-refractivity contribution is 0.102. The third-order valence-corrected chi connectivity index (χ3v) is 4.30. The predicted molar refractivity (Wildman–Crippen MR) is 93.9 cm³/mol. The average Bonchev–Trinajstić information content (AvgIpc) is 3.24. The molecule has 3 heterocycles. The monoisotopic (exact) mass is 336 g/mol. The Bertz CT molecular complexity index is 1020. The molecule has 4 aromatic rings. The van der Waals surface area contributed by atoms with Gasteiger partial charge in [-0.05, 0) is 23.6 Å². The number of pyridine rings is 1. The van der Waals surface area contributed by atoms with Crippen molar-refractivity contribution in [1.82, 2.24) is 10.1 Å². The minimum atomic E-state index is -0.381. The number of carbonyl (C=O) groups is 1. The molecule has 1 amide bonds. The van der Waals surface area contributed by atoms with Gasteiger partial charge in [0.1, 0.15) is 11.3 Å². The molecule has 3 aromatic heterocycles. The number of nitrogens with two attached hydrogens (primary N) is 1. The lowest BCUT2D eigenvalue weighted by Crippen LogP contribution is -2.14. The van der Waals surface area contributed by atoms with Gasteiger partial charge >= 0.3 is 0 Å². The fourth-order valence-electron chi connectivity index (χ4n) is 2.51. The molecule has 0 saturated carbocycles. The Morgan fingerprint density at radius 2 is 2.08 bits per heavy atom. The molecule has 4 rings (SSSR count). The summed E-state index contributed by atoms with van der Waals surface area (Å²) >= 11 is 1.51. The Morgan fingerprint density at radius 1 is 1.21 bits per heavy atom. The van der Waals surface area contributed by atoms with Gasteiger partial charge in [0.05, 0.1) is 11.2 Å². The van der Waals surface area contributed by atoms with Crippen LogP contribution >= 0.6 is 11.3 Å². The zero-order valence-electron chi connectivity index (χ0n) is 12.4. The van der Waals surface area contributed by atoms with Gasteiger partial charge in [-0.15, -0.1) is 0 Å². The molecule has 7 heteroatoms. The molecular formula is C17H12N4O2S. The van der Waals surface area contributed by atoms with Gasteiger partial charge in [-0.1, -0.05) is 23.4 Å². The number of rotatable bonds is 3. The Morgan fingerprint density at radius 3 is 2.92 bits per heavy atom. The maximum Gasteiger partial charge on any atom is 0.263 e. The third-order valence-electron chi connectivity index (χ3n) is 3.62. The summed E-state index contributed by atoms with van der Waals surface area (Å²) in [6.07, 6.45) is 1.68. The summed E-state index contributed by atoms with van der Waals surface area (Å²) in [6, 6.07) is 11.2. The first-order valence-corrected chi connectivity index (χ1v) is 8.11. The second-order valence-electron chi connectivity index (χ2n) is 5.12. The van der Waals surface area contributed by atoms with Gasteiger partial charge in [0.2, 0.25) is 5.88 Å². The van der Waals surface area contributed by atoms with Crippen LogP contribution in [-0.2, 0) is 0 Å². The average molecular weight is 336 g/mol. The van der Waals surface area contributed by atoms with Crippen molar-refractivity contribution in [2.75, 3.05) is 11.1 Å². The lowest BCUT2D eigenvalue weighted by atomic mass is 10.1. The molecule has 0 spiro atoms. The molecule has 0 radical (unpaired) electrons. The molecule has 0 bridgehead atoms. The number of aromatic nitrogens is 2. The van der Waals surface area contributed by atoms with Gasteiger partial charge in [-0.25, -0.2) is 0 Å². The summed E-state index contributed by atoms with van der Waals surface area (Å²) in [5, 5.41) is 11.5. The highest BCUT2D eigenvalue weighted by Crippen LogP contribution is 2.30. The number of para-hydroxylation sites is 1. The topological polar surface area (TPSA) is 94.0 Å². The molecule has 118 valence electrons. The number of amides is 1. The summed E-state index contributed by atoms with van der Waals surface area (Å²) in [4.78, 5) is 17.1. The fraction of sp³-hybridized carbons (Fsp3) is 0. The highest BCUT2D eigenvalue weighted by molar-refractivity contribution is 7.08. The minimum Gasteiger partial charge on any atom is -0.367 e. The van der Waals surface area contributed by atoms with Crippen molar-refractivity contribution in [2.24, 2.45) is 0 Å². The number of hydrogen-bond acceptors (Lipinski definition) is 6. The first kappa shape index (κ1) is 14.4. The van der Waals surface area contributed by atoms with Crippen LogP contribution in [0.5, 0.6) is 0 Å². The van der Waals surface area contributed by atoms with Crippen LogP contribution in [-0.4, -0.2) is 16.0 Å². The van der Waals surface area contributed by atoms with Gasteiger partial charge in [0.15, 0.2) is 0 Å². The van der Waals surface area contributed by atoms with Crippen LogP contribution in [0.2, 0.25) is 0 Å². The minimum absolute atomic E-state index is 0.0121. The van der Waals surface area contributed by atoms with E-state index < -0.39 is 0 Å². The van der Waals surface area contributed by atoms with Gasteiger partial charge in [-0.2, -0.15) is 11.3 Å². The number of carbonyl (C=O) groups excluding carboxylic acids is 1. The SMILES string of the molecule is Nc1onc(-c2ccsc2)c1C(=O)Nc1cccc2cccnc12. The normalized spacial score (nSPS) is 10.8. The van der Waals surface area contributed by atoms with E-state index in [-0.39, 0.29) is 17.4 Å². The lowest BCUT2D eigenvalue weighted by Gasteiger charge is -2.07. The smallest absolute Gasteiger partial charge is 0.263 e. The van der Waals surface area contributed by atoms with Crippen molar-refractivity contribution < 1.29 is 9.32 Å². The number of benzene rings is 1. The molecule has 0 fully saturated rings. The Kier molecular flexibility index (Phi) is 3.47. The van der Waals surface area contributed by atoms with Gasteiger partial charge in [0.25, 0.3) is 5.91 Å². The highest BCUT2D eigenvalue weighted by atomic mass is 32.1. The molecule has 0 saturated heterocycles. The number of nitrogens with one attached hydrogen (secondary N) is 1. The quantitative estimate of drug-likeness (QED) is 0.593. The van der Waals surface area contributed by atoms with Gasteiger partial charge < -0.3 is 15.6 Å². The molecule has 0 aliphatic carbocycles. The molecule has 1 aromatic carbocycles. The van der Waals surface area contributed by atoms with E-state index in [2.05, 4.69) is 15.5 Å². The maximum atomic E-state index is 12.7. The van der Waals surface area contributed by atoms with E-state index in [0.29, 0.717) is 16.9 Å². The van der Waals surface area contributed by atoms with Gasteiger partial charge in [-0.3, -0.25) is 9.78 Å². The number of fused-ring (bicyclic) bond motifs is 1. The zero-order chi connectivity index (χ0) is 16.5. The van der Waals surface area contributed by atoms with E-state index in [1.807, 2.05) is 41.1 Å². The molecule has 6 nitrogen and oxygen atoms in total. The van der Waals surface area contributed by atoms with E-state index >= 15 is 0 Å². The number of nitrogens with zero attached hydrogens (tertiary/aromatic N) is 2. The Balaban J connectivity index is 1.74. The van der Waals surface area contributed by atoms with E-state index in [0.717, 1.165) is 10.9 Å². The van der Waals surface area contributed by atoms with Crippen molar-refractivity contribution in [3.8, 4) is 11.3 Å². The summed E-state index contributed by atoms with van der Waals surface area (Å²) in [5.41, 5.74) is 8.57. The van der Waals surface area contributed by atoms with Crippen LogP contribution in [0.1, 0.15) is 10.4 Å². The van der Waals surface area contributed by atoms with Crippen LogP contribution in [0.25, 0.3) is 22.2 Å². The zero-order valence-corrected chi connectivity index (χ0v) is 13.2. The number of hydrogen-bond donors (Lipinski definition) is 2. The molecule has 0 atom stereocenters. The van der Waals surface area contributed by atoms with E-state index in [1.54, 1.807) is 12.3 Å².